The molecule has 1 amide bonds. The number of amides is 1. The molecule has 0 heterocycles. The minimum absolute atomic E-state index is 0.104. The van der Waals surface area contributed by atoms with Gasteiger partial charge in [-0.2, -0.15) is 0 Å². The van der Waals surface area contributed by atoms with Gasteiger partial charge in [0.1, 0.15) is 0 Å². The van der Waals surface area contributed by atoms with E-state index in [2.05, 4.69) is 0 Å². The van der Waals surface area contributed by atoms with E-state index in [1.165, 1.54) is 0 Å². The summed E-state index contributed by atoms with van der Waals surface area (Å²) in [5.41, 5.74) is 4.99. The average molecular weight is 228 g/mol. The van der Waals surface area contributed by atoms with Gasteiger partial charge in [-0.25, -0.2) is 0 Å². The van der Waals surface area contributed by atoms with Gasteiger partial charge in [0.05, 0.1) is 5.60 Å². The normalized spacial score (nSPS) is 26.6. The lowest BCUT2D eigenvalue weighted by atomic mass is 9.85. The lowest BCUT2D eigenvalue weighted by molar-refractivity contribution is -0.137. The van der Waals surface area contributed by atoms with Crippen LogP contribution >= 0.6 is 0 Å². The van der Waals surface area contributed by atoms with Gasteiger partial charge < -0.3 is 15.7 Å². The molecule has 94 valence electrons. The molecule has 1 aliphatic carbocycles. The third-order valence-electron chi connectivity index (χ3n) is 3.12. The second-order valence-electron chi connectivity index (χ2n) is 5.62. The van der Waals surface area contributed by atoms with Crippen molar-refractivity contribution in [2.75, 3.05) is 13.6 Å². The Labute approximate surface area is 97.8 Å². The average Bonchev–Trinajstić information content (AvgIpc) is 2.15. The summed E-state index contributed by atoms with van der Waals surface area (Å²) in [5, 5.41) is 9.66. The monoisotopic (exact) mass is 228 g/mol. The maximum absolute atomic E-state index is 12.1. The van der Waals surface area contributed by atoms with Crippen molar-refractivity contribution in [3.8, 4) is 0 Å². The van der Waals surface area contributed by atoms with Gasteiger partial charge in [-0.1, -0.05) is 0 Å². The molecule has 0 aromatic rings. The van der Waals surface area contributed by atoms with E-state index < -0.39 is 5.60 Å². The Bertz CT molecular complexity index is 240. The summed E-state index contributed by atoms with van der Waals surface area (Å²) in [5.74, 6) is 0.251. The molecule has 0 aromatic heterocycles. The van der Waals surface area contributed by atoms with Crippen LogP contribution in [-0.4, -0.2) is 41.1 Å². The van der Waals surface area contributed by atoms with E-state index in [0.29, 0.717) is 6.54 Å². The zero-order chi connectivity index (χ0) is 12.3. The quantitative estimate of drug-likeness (QED) is 0.748. The van der Waals surface area contributed by atoms with Gasteiger partial charge in [-0.3, -0.25) is 4.79 Å². The lowest BCUT2D eigenvalue weighted by Gasteiger charge is -2.31. The van der Waals surface area contributed by atoms with Crippen LogP contribution in [-0.2, 0) is 4.79 Å². The molecule has 0 radical (unpaired) electrons. The number of rotatable bonds is 3. The van der Waals surface area contributed by atoms with Gasteiger partial charge in [-0.15, -0.1) is 0 Å². The first-order valence-corrected chi connectivity index (χ1v) is 6.02. The van der Waals surface area contributed by atoms with Crippen LogP contribution in [0.3, 0.4) is 0 Å². The molecule has 1 rings (SSSR count). The van der Waals surface area contributed by atoms with E-state index >= 15 is 0 Å². The molecule has 4 heteroatoms. The second kappa shape index (κ2) is 5.15. The van der Waals surface area contributed by atoms with Crippen molar-refractivity contribution in [1.29, 1.82) is 0 Å². The lowest BCUT2D eigenvalue weighted by Crippen LogP contribution is -2.43. The predicted octanol–water partition coefficient (Wildman–Crippen LogP) is 0.733. The number of aliphatic hydroxyl groups is 1. The topological polar surface area (TPSA) is 66.6 Å². The number of nitrogens with two attached hydrogens (primary N) is 1. The van der Waals surface area contributed by atoms with Gasteiger partial charge in [0, 0.05) is 25.6 Å². The molecule has 0 spiro atoms. The van der Waals surface area contributed by atoms with E-state index in [0.717, 1.165) is 25.7 Å². The van der Waals surface area contributed by atoms with E-state index in [1.54, 1.807) is 25.8 Å². The highest BCUT2D eigenvalue weighted by atomic mass is 16.3. The van der Waals surface area contributed by atoms with Gasteiger partial charge in [0.2, 0.25) is 5.91 Å². The fourth-order valence-electron chi connectivity index (χ4n) is 2.34. The van der Waals surface area contributed by atoms with Gasteiger partial charge >= 0.3 is 0 Å². The summed E-state index contributed by atoms with van der Waals surface area (Å²) in [6.07, 6.45) is 3.64. The Morgan fingerprint density at radius 1 is 1.38 bits per heavy atom. The molecule has 0 unspecified atom stereocenters. The number of nitrogens with zero attached hydrogens (tertiary/aromatic N) is 1. The number of hydrogen-bond acceptors (Lipinski definition) is 3. The van der Waals surface area contributed by atoms with Crippen LogP contribution < -0.4 is 5.73 Å². The summed E-state index contributed by atoms with van der Waals surface area (Å²) < 4.78 is 0. The van der Waals surface area contributed by atoms with Crippen molar-refractivity contribution in [2.24, 2.45) is 11.7 Å². The largest absolute Gasteiger partial charge is 0.389 e. The molecule has 1 fully saturated rings. The first-order chi connectivity index (χ1) is 7.29. The molecule has 0 aromatic carbocycles. The molecular weight excluding hydrogens is 204 g/mol. The number of likely N-dealkylation sites (N-methyl/N-ethyl adjacent to an activating group) is 1. The van der Waals surface area contributed by atoms with Crippen molar-refractivity contribution in [1.82, 2.24) is 4.90 Å². The highest BCUT2D eigenvalue weighted by Gasteiger charge is 2.28. The van der Waals surface area contributed by atoms with Crippen LogP contribution in [0.5, 0.6) is 0 Å². The Morgan fingerprint density at radius 2 is 1.88 bits per heavy atom. The third kappa shape index (κ3) is 4.10. The van der Waals surface area contributed by atoms with Gasteiger partial charge in [0.25, 0.3) is 0 Å². The Balaban J connectivity index is 2.45. The SMILES string of the molecule is CN(CC(C)(C)O)C(=O)C1CCC(N)CC1. The smallest absolute Gasteiger partial charge is 0.225 e. The molecule has 0 bridgehead atoms. The maximum atomic E-state index is 12.1. The summed E-state index contributed by atoms with van der Waals surface area (Å²) in [6.45, 7) is 3.81. The number of hydrogen-bond donors (Lipinski definition) is 2. The highest BCUT2D eigenvalue weighted by molar-refractivity contribution is 5.78. The van der Waals surface area contributed by atoms with Crippen molar-refractivity contribution < 1.29 is 9.90 Å². The molecule has 0 atom stereocenters. The van der Waals surface area contributed by atoms with Crippen LogP contribution in [0.4, 0.5) is 0 Å². The zero-order valence-electron chi connectivity index (χ0n) is 10.6. The first-order valence-electron chi connectivity index (χ1n) is 6.02. The summed E-state index contributed by atoms with van der Waals surface area (Å²) in [7, 11) is 1.76. The summed E-state index contributed by atoms with van der Waals surface area (Å²) >= 11 is 0. The third-order valence-corrected chi connectivity index (χ3v) is 3.12. The molecule has 16 heavy (non-hydrogen) atoms. The van der Waals surface area contributed by atoms with Crippen molar-refractivity contribution in [3.63, 3.8) is 0 Å². The van der Waals surface area contributed by atoms with Crippen LogP contribution in [0.15, 0.2) is 0 Å². The molecule has 0 saturated heterocycles. The van der Waals surface area contributed by atoms with Crippen LogP contribution in [0.1, 0.15) is 39.5 Å². The molecule has 3 N–H and O–H groups in total. The number of carbonyl (C=O) groups excluding carboxylic acids is 1. The van der Waals surface area contributed by atoms with Crippen molar-refractivity contribution in [3.05, 3.63) is 0 Å². The minimum Gasteiger partial charge on any atom is -0.389 e. The van der Waals surface area contributed by atoms with Crippen LogP contribution in [0.25, 0.3) is 0 Å². The van der Waals surface area contributed by atoms with Crippen molar-refractivity contribution >= 4 is 5.91 Å². The van der Waals surface area contributed by atoms with E-state index in [4.69, 9.17) is 5.73 Å². The van der Waals surface area contributed by atoms with E-state index in [1.807, 2.05) is 0 Å². The Morgan fingerprint density at radius 3 is 2.31 bits per heavy atom. The molecule has 4 nitrogen and oxygen atoms in total. The standard InChI is InChI=1S/C12H24N2O2/c1-12(2,16)8-14(3)11(15)9-4-6-10(13)7-5-9/h9-10,16H,4-8,13H2,1-3H3. The molecule has 1 saturated carbocycles. The fraction of sp³-hybridized carbons (Fsp3) is 0.917. The van der Waals surface area contributed by atoms with Gasteiger partial charge in [0.15, 0.2) is 0 Å². The maximum Gasteiger partial charge on any atom is 0.225 e. The Kier molecular flexibility index (Phi) is 4.33. The predicted molar refractivity (Wildman–Crippen MR) is 63.9 cm³/mol. The molecule has 0 aliphatic heterocycles. The minimum atomic E-state index is -0.824. The van der Waals surface area contributed by atoms with Crippen molar-refractivity contribution in [2.45, 2.75) is 51.2 Å². The van der Waals surface area contributed by atoms with E-state index in [-0.39, 0.29) is 17.9 Å². The molecular formula is C12H24N2O2. The number of carbonyl (C=O) groups is 1. The molecule has 1 aliphatic rings. The summed E-state index contributed by atoms with van der Waals surface area (Å²) in [6, 6.07) is 0.267. The summed E-state index contributed by atoms with van der Waals surface area (Å²) in [4.78, 5) is 13.7. The fourth-order valence-corrected chi connectivity index (χ4v) is 2.34. The second-order valence-corrected chi connectivity index (χ2v) is 5.62. The van der Waals surface area contributed by atoms with Gasteiger partial charge in [-0.05, 0) is 39.5 Å². The highest BCUT2D eigenvalue weighted by Crippen LogP contribution is 2.25. The Hall–Kier alpha value is -0.610. The first kappa shape index (κ1) is 13.5. The van der Waals surface area contributed by atoms with E-state index in [9.17, 15) is 9.90 Å². The van der Waals surface area contributed by atoms with Crippen LogP contribution in [0, 0.1) is 5.92 Å². The zero-order valence-corrected chi connectivity index (χ0v) is 10.6. The van der Waals surface area contributed by atoms with Crippen LogP contribution in [0.2, 0.25) is 0 Å².